The molecule has 1 saturated heterocycles. The Labute approximate surface area is 101 Å². The van der Waals surface area contributed by atoms with E-state index in [1.54, 1.807) is 0 Å². The molecule has 0 aliphatic carbocycles. The zero-order valence-corrected chi connectivity index (χ0v) is 10.1. The van der Waals surface area contributed by atoms with Crippen molar-refractivity contribution in [3.63, 3.8) is 0 Å². The molecule has 1 aromatic carbocycles. The number of aryl methyl sites for hydroxylation is 2. The zero-order chi connectivity index (χ0) is 11.8. The predicted molar refractivity (Wildman–Crippen MR) is 66.8 cm³/mol. The Hall–Kier alpha value is -1.68. The van der Waals surface area contributed by atoms with Crippen LogP contribution >= 0.6 is 0 Å². The maximum absolute atomic E-state index is 4.25. The van der Waals surface area contributed by atoms with Crippen LogP contribution in [0.3, 0.4) is 0 Å². The van der Waals surface area contributed by atoms with Crippen molar-refractivity contribution in [3.05, 3.63) is 35.5 Å². The predicted octanol–water partition coefficient (Wildman–Crippen LogP) is 1.71. The smallest absolute Gasteiger partial charge is 0.113 e. The topological polar surface area (TPSA) is 42.7 Å². The van der Waals surface area contributed by atoms with Crippen LogP contribution in [0.4, 0.5) is 0 Å². The molecule has 0 spiro atoms. The Balaban J connectivity index is 1.92. The van der Waals surface area contributed by atoms with Crippen LogP contribution in [0.2, 0.25) is 0 Å². The summed E-state index contributed by atoms with van der Waals surface area (Å²) in [6.07, 6.45) is 2.04. The van der Waals surface area contributed by atoms with E-state index in [-0.39, 0.29) is 0 Å². The summed E-state index contributed by atoms with van der Waals surface area (Å²) < 4.78 is 1.96. The van der Waals surface area contributed by atoms with E-state index in [0.717, 1.165) is 24.3 Å². The summed E-state index contributed by atoms with van der Waals surface area (Å²) >= 11 is 0. The first-order valence-corrected chi connectivity index (χ1v) is 5.94. The molecule has 0 radical (unpaired) electrons. The lowest BCUT2D eigenvalue weighted by Gasteiger charge is -2.26. The van der Waals surface area contributed by atoms with Gasteiger partial charge in [0.15, 0.2) is 0 Å². The molecule has 1 aliphatic rings. The Kier molecular flexibility index (Phi) is 2.44. The molecule has 88 valence electrons. The van der Waals surface area contributed by atoms with Gasteiger partial charge >= 0.3 is 0 Å². The van der Waals surface area contributed by atoms with Crippen LogP contribution in [0, 0.1) is 13.8 Å². The maximum Gasteiger partial charge on any atom is 0.113 e. The number of aromatic nitrogens is 3. The van der Waals surface area contributed by atoms with Crippen molar-refractivity contribution in [2.24, 2.45) is 0 Å². The van der Waals surface area contributed by atoms with E-state index >= 15 is 0 Å². The van der Waals surface area contributed by atoms with Crippen molar-refractivity contribution in [3.8, 4) is 11.3 Å². The van der Waals surface area contributed by atoms with Gasteiger partial charge in [-0.3, -0.25) is 0 Å². The third-order valence-electron chi connectivity index (χ3n) is 3.45. The minimum absolute atomic E-state index is 0.475. The molecule has 1 aromatic heterocycles. The van der Waals surface area contributed by atoms with Gasteiger partial charge in [0.05, 0.1) is 12.2 Å². The van der Waals surface area contributed by atoms with Crippen LogP contribution in [-0.4, -0.2) is 28.1 Å². The molecule has 0 bridgehead atoms. The molecule has 0 atom stereocenters. The minimum Gasteiger partial charge on any atom is -0.312 e. The van der Waals surface area contributed by atoms with Gasteiger partial charge in [-0.15, -0.1) is 5.10 Å². The highest BCUT2D eigenvalue weighted by Crippen LogP contribution is 2.21. The van der Waals surface area contributed by atoms with Gasteiger partial charge in [-0.2, -0.15) is 0 Å². The fourth-order valence-electron chi connectivity index (χ4n) is 1.95. The molecule has 0 unspecified atom stereocenters. The SMILES string of the molecule is Cc1ccc(-c2cn(C3CNC3)nn2)cc1C. The Bertz CT molecular complexity index is 540. The first kappa shape index (κ1) is 10.5. The molecule has 2 heterocycles. The molecule has 3 rings (SSSR count). The summed E-state index contributed by atoms with van der Waals surface area (Å²) in [4.78, 5) is 0. The number of hydrogen-bond donors (Lipinski definition) is 1. The van der Waals surface area contributed by atoms with Crippen LogP contribution in [0.15, 0.2) is 24.4 Å². The standard InChI is InChI=1S/C13H16N4/c1-9-3-4-11(5-10(9)2)13-8-17(16-15-13)12-6-14-7-12/h3-5,8,12,14H,6-7H2,1-2H3. The second kappa shape index (κ2) is 3.96. The molecule has 17 heavy (non-hydrogen) atoms. The number of nitrogens with one attached hydrogen (secondary N) is 1. The number of nitrogens with zero attached hydrogens (tertiary/aromatic N) is 3. The van der Waals surface area contributed by atoms with E-state index < -0.39 is 0 Å². The summed E-state index contributed by atoms with van der Waals surface area (Å²) in [6.45, 7) is 6.24. The molecule has 4 heteroatoms. The molecule has 0 amide bonds. The number of benzene rings is 1. The molecule has 4 nitrogen and oxygen atoms in total. The molecule has 1 aliphatic heterocycles. The van der Waals surface area contributed by atoms with Gasteiger partial charge in [0, 0.05) is 18.7 Å². The van der Waals surface area contributed by atoms with Crippen molar-refractivity contribution in [2.75, 3.05) is 13.1 Å². The maximum atomic E-state index is 4.25. The zero-order valence-electron chi connectivity index (χ0n) is 10.1. The quantitative estimate of drug-likeness (QED) is 0.851. The summed E-state index contributed by atoms with van der Waals surface area (Å²) in [5, 5.41) is 11.7. The molecule has 1 N–H and O–H groups in total. The molecular formula is C13H16N4. The van der Waals surface area contributed by atoms with Gasteiger partial charge in [-0.05, 0) is 31.0 Å². The third-order valence-corrected chi connectivity index (χ3v) is 3.45. The van der Waals surface area contributed by atoms with Crippen LogP contribution in [0.1, 0.15) is 17.2 Å². The van der Waals surface area contributed by atoms with Gasteiger partial charge in [0.1, 0.15) is 5.69 Å². The highest BCUT2D eigenvalue weighted by atomic mass is 15.4. The first-order valence-electron chi connectivity index (χ1n) is 5.94. The van der Waals surface area contributed by atoms with E-state index in [2.05, 4.69) is 47.7 Å². The van der Waals surface area contributed by atoms with Crippen LogP contribution in [0.25, 0.3) is 11.3 Å². The average molecular weight is 228 g/mol. The summed E-state index contributed by atoms with van der Waals surface area (Å²) in [5.41, 5.74) is 4.71. The highest BCUT2D eigenvalue weighted by molar-refractivity contribution is 5.59. The number of hydrogen-bond acceptors (Lipinski definition) is 3. The van der Waals surface area contributed by atoms with Crippen molar-refractivity contribution in [2.45, 2.75) is 19.9 Å². The van der Waals surface area contributed by atoms with Crippen LogP contribution < -0.4 is 5.32 Å². The Morgan fingerprint density at radius 2 is 2.06 bits per heavy atom. The van der Waals surface area contributed by atoms with E-state index in [0.29, 0.717) is 6.04 Å². The fraction of sp³-hybridized carbons (Fsp3) is 0.385. The Morgan fingerprint density at radius 3 is 2.71 bits per heavy atom. The second-order valence-electron chi connectivity index (χ2n) is 4.69. The molecule has 0 saturated carbocycles. The first-order chi connectivity index (χ1) is 8.24. The van der Waals surface area contributed by atoms with E-state index in [1.165, 1.54) is 11.1 Å². The Morgan fingerprint density at radius 1 is 1.24 bits per heavy atom. The van der Waals surface area contributed by atoms with Gasteiger partial charge in [0.2, 0.25) is 0 Å². The molecular weight excluding hydrogens is 212 g/mol. The van der Waals surface area contributed by atoms with E-state index in [9.17, 15) is 0 Å². The van der Waals surface area contributed by atoms with Crippen molar-refractivity contribution < 1.29 is 0 Å². The molecule has 2 aromatic rings. The largest absolute Gasteiger partial charge is 0.312 e. The van der Waals surface area contributed by atoms with Crippen LogP contribution in [-0.2, 0) is 0 Å². The lowest BCUT2D eigenvalue weighted by molar-refractivity contribution is 0.313. The summed E-state index contributed by atoms with van der Waals surface area (Å²) in [6, 6.07) is 6.88. The molecule has 1 fully saturated rings. The van der Waals surface area contributed by atoms with Crippen molar-refractivity contribution >= 4 is 0 Å². The van der Waals surface area contributed by atoms with Crippen molar-refractivity contribution in [1.82, 2.24) is 20.3 Å². The number of rotatable bonds is 2. The van der Waals surface area contributed by atoms with Gasteiger partial charge < -0.3 is 5.32 Å². The fourth-order valence-corrected chi connectivity index (χ4v) is 1.95. The lowest BCUT2D eigenvalue weighted by Crippen LogP contribution is -2.43. The van der Waals surface area contributed by atoms with Gasteiger partial charge in [0.25, 0.3) is 0 Å². The second-order valence-corrected chi connectivity index (χ2v) is 4.69. The highest BCUT2D eigenvalue weighted by Gasteiger charge is 2.20. The van der Waals surface area contributed by atoms with Crippen LogP contribution in [0.5, 0.6) is 0 Å². The summed E-state index contributed by atoms with van der Waals surface area (Å²) in [7, 11) is 0. The monoisotopic (exact) mass is 228 g/mol. The average Bonchev–Trinajstić information content (AvgIpc) is 2.69. The van der Waals surface area contributed by atoms with Gasteiger partial charge in [-0.25, -0.2) is 4.68 Å². The minimum atomic E-state index is 0.475. The van der Waals surface area contributed by atoms with E-state index in [1.807, 2.05) is 10.9 Å². The third kappa shape index (κ3) is 1.85. The van der Waals surface area contributed by atoms with Gasteiger partial charge in [-0.1, -0.05) is 17.3 Å². The van der Waals surface area contributed by atoms with Crippen molar-refractivity contribution in [1.29, 1.82) is 0 Å². The lowest BCUT2D eigenvalue weighted by atomic mass is 10.0. The normalized spacial score (nSPS) is 15.9. The summed E-state index contributed by atoms with van der Waals surface area (Å²) in [5.74, 6) is 0. The van der Waals surface area contributed by atoms with E-state index in [4.69, 9.17) is 0 Å².